The molecule has 0 atom stereocenters. The Balaban J connectivity index is 2.60. The first-order valence-electron chi connectivity index (χ1n) is 5.57. The summed E-state index contributed by atoms with van der Waals surface area (Å²) in [5, 5.41) is 11.0. The third kappa shape index (κ3) is 3.56. The highest BCUT2D eigenvalue weighted by Crippen LogP contribution is 2.45. The Morgan fingerprint density at radius 2 is 1.76 bits per heavy atom. The zero-order valence-corrected chi connectivity index (χ0v) is 12.6. The van der Waals surface area contributed by atoms with Crippen LogP contribution in [0, 0.1) is 10.1 Å². The van der Waals surface area contributed by atoms with Gasteiger partial charge in [-0.05, 0) is 34.1 Å². The molecule has 0 amide bonds. The van der Waals surface area contributed by atoms with Gasteiger partial charge in [0.25, 0.3) is 5.69 Å². The molecule has 0 heterocycles. The lowest BCUT2D eigenvalue weighted by molar-refractivity contribution is -0.388. The first kappa shape index (κ1) is 15.8. The maximum absolute atomic E-state index is 13.0. The third-order valence-electron chi connectivity index (χ3n) is 2.55. The summed E-state index contributed by atoms with van der Waals surface area (Å²) in [6.07, 6.45) is -4.66. The summed E-state index contributed by atoms with van der Waals surface area (Å²) in [7, 11) is 0. The molecule has 0 unspecified atom stereocenters. The molecule has 0 aliphatic heterocycles. The van der Waals surface area contributed by atoms with Crippen LogP contribution in [0.2, 0.25) is 0 Å². The van der Waals surface area contributed by atoms with Gasteiger partial charge >= 0.3 is 6.18 Å². The summed E-state index contributed by atoms with van der Waals surface area (Å²) in [6, 6.07) is 9.54. The minimum Gasteiger partial charge on any atom is -0.258 e. The number of hydrogen-bond acceptors (Lipinski definition) is 3. The van der Waals surface area contributed by atoms with Crippen molar-refractivity contribution < 1.29 is 18.1 Å². The Morgan fingerprint density at radius 3 is 2.33 bits per heavy atom. The largest absolute Gasteiger partial charge is 0.417 e. The lowest BCUT2D eigenvalue weighted by Gasteiger charge is -2.13. The number of nitro benzene ring substituents is 1. The van der Waals surface area contributed by atoms with Gasteiger partial charge in [-0.15, -0.1) is 0 Å². The molecule has 0 aromatic heterocycles. The molecular weight excluding hydrogens is 371 g/mol. The van der Waals surface area contributed by atoms with E-state index in [1.165, 1.54) is 0 Å². The Kier molecular flexibility index (Phi) is 4.58. The van der Waals surface area contributed by atoms with E-state index in [1.54, 1.807) is 24.3 Å². The van der Waals surface area contributed by atoms with Gasteiger partial charge in [-0.1, -0.05) is 30.0 Å². The highest BCUT2D eigenvalue weighted by molar-refractivity contribution is 9.10. The number of benzene rings is 2. The predicted molar refractivity (Wildman–Crippen MR) is 76.4 cm³/mol. The van der Waals surface area contributed by atoms with Gasteiger partial charge in [-0.3, -0.25) is 10.1 Å². The van der Waals surface area contributed by atoms with Crippen molar-refractivity contribution in [3.63, 3.8) is 0 Å². The molecule has 0 radical (unpaired) electrons. The fourth-order valence-electron chi connectivity index (χ4n) is 1.64. The molecule has 0 saturated heterocycles. The normalized spacial score (nSPS) is 11.4. The van der Waals surface area contributed by atoms with E-state index in [4.69, 9.17) is 0 Å². The zero-order valence-electron chi connectivity index (χ0n) is 10.2. The molecule has 8 heteroatoms. The molecular formula is C13H7BrF3NO2S. The zero-order chi connectivity index (χ0) is 15.6. The molecule has 21 heavy (non-hydrogen) atoms. The predicted octanol–water partition coefficient (Wildman–Crippen LogP) is 5.53. The molecule has 0 aliphatic rings. The molecule has 0 spiro atoms. The summed E-state index contributed by atoms with van der Waals surface area (Å²) in [6.45, 7) is 0. The molecule has 2 rings (SSSR count). The highest BCUT2D eigenvalue weighted by Gasteiger charge is 2.37. The van der Waals surface area contributed by atoms with Crippen LogP contribution in [0.1, 0.15) is 5.56 Å². The fraction of sp³-hybridized carbons (Fsp3) is 0.0769. The van der Waals surface area contributed by atoms with Crippen LogP contribution in [0.15, 0.2) is 56.7 Å². The first-order valence-corrected chi connectivity index (χ1v) is 7.18. The van der Waals surface area contributed by atoms with E-state index in [-0.39, 0.29) is 0 Å². The highest BCUT2D eigenvalue weighted by atomic mass is 79.9. The average Bonchev–Trinajstić information content (AvgIpc) is 2.40. The number of rotatable bonds is 3. The molecule has 0 fully saturated rings. The number of nitro groups is 1. The monoisotopic (exact) mass is 377 g/mol. The molecule has 0 bridgehead atoms. The van der Waals surface area contributed by atoms with E-state index in [2.05, 4.69) is 15.9 Å². The molecule has 0 aliphatic carbocycles. The Morgan fingerprint density at radius 1 is 1.10 bits per heavy atom. The summed E-state index contributed by atoms with van der Waals surface area (Å²) in [5.74, 6) is 0. The first-order chi connectivity index (χ1) is 9.80. The fourth-order valence-corrected chi connectivity index (χ4v) is 3.24. The van der Waals surface area contributed by atoms with E-state index in [0.29, 0.717) is 21.1 Å². The van der Waals surface area contributed by atoms with Gasteiger partial charge in [0.1, 0.15) is 4.90 Å². The number of hydrogen-bond donors (Lipinski definition) is 0. The standard InChI is InChI=1S/C13H7BrF3NO2S/c14-9-5-1-2-7-11(9)21-12-8(13(15,16)17)4-3-6-10(12)18(19)20/h1-7H. The maximum Gasteiger partial charge on any atom is 0.417 e. The molecule has 2 aromatic rings. The van der Waals surface area contributed by atoms with Crippen molar-refractivity contribution in [3.8, 4) is 0 Å². The van der Waals surface area contributed by atoms with Crippen LogP contribution < -0.4 is 0 Å². The average molecular weight is 378 g/mol. The summed E-state index contributed by atoms with van der Waals surface area (Å²) in [5.41, 5.74) is -1.58. The molecule has 3 nitrogen and oxygen atoms in total. The lowest BCUT2D eigenvalue weighted by Crippen LogP contribution is -2.08. The van der Waals surface area contributed by atoms with Crippen molar-refractivity contribution in [1.29, 1.82) is 0 Å². The van der Waals surface area contributed by atoms with Crippen LogP contribution in [0.3, 0.4) is 0 Å². The van der Waals surface area contributed by atoms with Crippen molar-refractivity contribution in [3.05, 3.63) is 62.6 Å². The molecule has 0 N–H and O–H groups in total. The second-order valence-corrected chi connectivity index (χ2v) is 5.85. The van der Waals surface area contributed by atoms with Gasteiger partial charge in [0, 0.05) is 15.4 Å². The second-order valence-electron chi connectivity index (χ2n) is 3.94. The number of nitrogens with zero attached hydrogens (tertiary/aromatic N) is 1. The van der Waals surface area contributed by atoms with Gasteiger partial charge in [-0.25, -0.2) is 0 Å². The number of alkyl halides is 3. The van der Waals surface area contributed by atoms with Crippen LogP contribution in [-0.4, -0.2) is 4.92 Å². The van der Waals surface area contributed by atoms with Crippen molar-refractivity contribution in [2.75, 3.05) is 0 Å². The van der Waals surface area contributed by atoms with Gasteiger partial charge in [-0.2, -0.15) is 13.2 Å². The quantitative estimate of drug-likeness (QED) is 0.521. The van der Waals surface area contributed by atoms with E-state index in [1.807, 2.05) is 0 Å². The van der Waals surface area contributed by atoms with Crippen LogP contribution >= 0.6 is 27.7 Å². The van der Waals surface area contributed by atoms with Crippen LogP contribution in [0.4, 0.5) is 18.9 Å². The van der Waals surface area contributed by atoms with E-state index >= 15 is 0 Å². The Labute approximate surface area is 130 Å². The summed E-state index contributed by atoms with van der Waals surface area (Å²) < 4.78 is 39.7. The van der Waals surface area contributed by atoms with E-state index in [9.17, 15) is 23.3 Å². The molecule has 2 aromatic carbocycles. The van der Waals surface area contributed by atoms with Crippen LogP contribution in [-0.2, 0) is 6.18 Å². The minimum atomic E-state index is -4.66. The Hall–Kier alpha value is -1.54. The van der Waals surface area contributed by atoms with Crippen LogP contribution in [0.25, 0.3) is 0 Å². The maximum atomic E-state index is 13.0. The van der Waals surface area contributed by atoms with Gasteiger partial charge < -0.3 is 0 Å². The van der Waals surface area contributed by atoms with Gasteiger partial charge in [0.15, 0.2) is 0 Å². The minimum absolute atomic E-state index is 0.415. The summed E-state index contributed by atoms with van der Waals surface area (Å²) >= 11 is 3.93. The van der Waals surface area contributed by atoms with E-state index in [0.717, 1.165) is 18.2 Å². The molecule has 110 valence electrons. The lowest BCUT2D eigenvalue weighted by atomic mass is 10.2. The van der Waals surface area contributed by atoms with Crippen molar-refractivity contribution in [2.45, 2.75) is 16.0 Å². The van der Waals surface area contributed by atoms with Gasteiger partial charge in [0.05, 0.1) is 10.5 Å². The second kappa shape index (κ2) is 6.07. The van der Waals surface area contributed by atoms with Crippen LogP contribution in [0.5, 0.6) is 0 Å². The summed E-state index contributed by atoms with van der Waals surface area (Å²) in [4.78, 5) is 10.2. The number of halogens is 4. The van der Waals surface area contributed by atoms with Crippen molar-refractivity contribution in [1.82, 2.24) is 0 Å². The Bertz CT molecular complexity index is 691. The van der Waals surface area contributed by atoms with Gasteiger partial charge in [0.2, 0.25) is 0 Å². The smallest absolute Gasteiger partial charge is 0.258 e. The molecule has 0 saturated carbocycles. The van der Waals surface area contributed by atoms with Crippen molar-refractivity contribution in [2.24, 2.45) is 0 Å². The van der Waals surface area contributed by atoms with E-state index < -0.39 is 27.2 Å². The SMILES string of the molecule is O=[N+]([O-])c1cccc(C(F)(F)F)c1Sc1ccccc1Br. The van der Waals surface area contributed by atoms with Crippen molar-refractivity contribution >= 4 is 33.4 Å². The topological polar surface area (TPSA) is 43.1 Å². The third-order valence-corrected chi connectivity index (χ3v) is 4.71.